The molecule has 3 nitrogen and oxygen atoms in total. The molecule has 9 heavy (non-hydrogen) atoms. The van der Waals surface area contributed by atoms with Gasteiger partial charge in [-0.15, -0.1) is 0 Å². The lowest BCUT2D eigenvalue weighted by molar-refractivity contribution is -0.137. The Balaban J connectivity index is 2.29. The number of hydrogen-bond acceptors (Lipinski definition) is 3. The van der Waals surface area contributed by atoms with E-state index in [0.29, 0.717) is 19.4 Å². The van der Waals surface area contributed by atoms with Crippen molar-refractivity contribution in [1.29, 1.82) is 0 Å². The van der Waals surface area contributed by atoms with E-state index in [-0.39, 0.29) is 11.9 Å². The molecule has 0 N–H and O–H groups in total. The van der Waals surface area contributed by atoms with Crippen LogP contribution in [0.3, 0.4) is 0 Å². The highest BCUT2D eigenvalue weighted by atomic mass is 16.5. The molecule has 0 unspecified atom stereocenters. The molecule has 3 heteroatoms. The lowest BCUT2D eigenvalue weighted by Gasteiger charge is -1.94. The average molecular weight is 128 g/mol. The Morgan fingerprint density at radius 1 is 1.78 bits per heavy atom. The lowest BCUT2D eigenvalue weighted by atomic mass is 10.1. The van der Waals surface area contributed by atoms with Crippen LogP contribution in [0, 0.1) is 5.92 Å². The SMILES string of the molecule is O=CC[C@@H]1COC(=O)C1. The summed E-state index contributed by atoms with van der Waals surface area (Å²) >= 11 is 0. The standard InChI is InChI=1S/C6H8O3/c7-2-1-5-3-6(8)9-4-5/h2,5H,1,3-4H2/t5-/m0/s1. The molecular formula is C6H8O3. The average Bonchev–Trinajstić information content (AvgIpc) is 2.17. The Hall–Kier alpha value is -0.860. The third kappa shape index (κ3) is 1.52. The maximum atomic E-state index is 10.4. The molecule has 0 aromatic heterocycles. The van der Waals surface area contributed by atoms with Crippen LogP contribution < -0.4 is 0 Å². The topological polar surface area (TPSA) is 43.4 Å². The Morgan fingerprint density at radius 2 is 2.56 bits per heavy atom. The largest absolute Gasteiger partial charge is 0.465 e. The van der Waals surface area contributed by atoms with Crippen LogP contribution in [0.25, 0.3) is 0 Å². The number of rotatable bonds is 2. The maximum Gasteiger partial charge on any atom is 0.306 e. The van der Waals surface area contributed by atoms with Crippen LogP contribution in [0.2, 0.25) is 0 Å². The van der Waals surface area contributed by atoms with E-state index >= 15 is 0 Å². The molecule has 0 amide bonds. The molecule has 1 fully saturated rings. The number of esters is 1. The Kier molecular flexibility index (Phi) is 1.82. The van der Waals surface area contributed by atoms with Crippen molar-refractivity contribution in [3.8, 4) is 0 Å². The minimum absolute atomic E-state index is 0.148. The van der Waals surface area contributed by atoms with Gasteiger partial charge >= 0.3 is 5.97 Å². The van der Waals surface area contributed by atoms with Gasteiger partial charge in [0.25, 0.3) is 0 Å². The zero-order chi connectivity index (χ0) is 6.69. The van der Waals surface area contributed by atoms with E-state index in [9.17, 15) is 9.59 Å². The molecule has 1 atom stereocenters. The predicted molar refractivity (Wildman–Crippen MR) is 29.7 cm³/mol. The van der Waals surface area contributed by atoms with Crippen LogP contribution in [-0.4, -0.2) is 18.9 Å². The normalized spacial score (nSPS) is 25.8. The minimum Gasteiger partial charge on any atom is -0.465 e. The van der Waals surface area contributed by atoms with Crippen molar-refractivity contribution < 1.29 is 14.3 Å². The smallest absolute Gasteiger partial charge is 0.306 e. The number of carbonyl (C=O) groups is 2. The maximum absolute atomic E-state index is 10.4. The number of aldehydes is 1. The van der Waals surface area contributed by atoms with E-state index in [0.717, 1.165) is 6.29 Å². The summed E-state index contributed by atoms with van der Waals surface area (Å²) in [6.07, 6.45) is 1.69. The second-order valence-corrected chi connectivity index (χ2v) is 2.16. The monoisotopic (exact) mass is 128 g/mol. The fourth-order valence-electron chi connectivity index (χ4n) is 0.852. The molecule has 0 saturated carbocycles. The number of ether oxygens (including phenoxy) is 1. The molecular weight excluding hydrogens is 120 g/mol. The Labute approximate surface area is 53.0 Å². The third-order valence-electron chi connectivity index (χ3n) is 1.36. The number of cyclic esters (lactones) is 1. The Bertz CT molecular complexity index is 130. The third-order valence-corrected chi connectivity index (χ3v) is 1.36. The summed E-state index contributed by atoms with van der Waals surface area (Å²) < 4.78 is 4.62. The molecule has 0 aromatic carbocycles. The molecule has 50 valence electrons. The first kappa shape index (κ1) is 6.26. The van der Waals surface area contributed by atoms with Gasteiger partial charge in [0.2, 0.25) is 0 Å². The van der Waals surface area contributed by atoms with Gasteiger partial charge in [0.05, 0.1) is 13.0 Å². The highest BCUT2D eigenvalue weighted by molar-refractivity contribution is 5.72. The van der Waals surface area contributed by atoms with Crippen molar-refractivity contribution in [3.05, 3.63) is 0 Å². The van der Waals surface area contributed by atoms with E-state index in [1.807, 2.05) is 0 Å². The van der Waals surface area contributed by atoms with Crippen LogP contribution in [0.4, 0.5) is 0 Å². The molecule has 0 aliphatic carbocycles. The number of carbonyl (C=O) groups excluding carboxylic acids is 2. The quantitative estimate of drug-likeness (QED) is 0.392. The van der Waals surface area contributed by atoms with Crippen molar-refractivity contribution in [2.45, 2.75) is 12.8 Å². The summed E-state index contributed by atoms with van der Waals surface area (Å²) in [6, 6.07) is 0. The minimum atomic E-state index is -0.179. The lowest BCUT2D eigenvalue weighted by Crippen LogP contribution is -1.98. The van der Waals surface area contributed by atoms with E-state index < -0.39 is 0 Å². The molecule has 0 spiro atoms. The van der Waals surface area contributed by atoms with Crippen LogP contribution in [0.15, 0.2) is 0 Å². The van der Waals surface area contributed by atoms with Gasteiger partial charge in [0.15, 0.2) is 0 Å². The Morgan fingerprint density at radius 3 is 3.00 bits per heavy atom. The van der Waals surface area contributed by atoms with Crippen LogP contribution in [-0.2, 0) is 14.3 Å². The van der Waals surface area contributed by atoms with Crippen molar-refractivity contribution in [1.82, 2.24) is 0 Å². The van der Waals surface area contributed by atoms with Gasteiger partial charge in [-0.3, -0.25) is 4.79 Å². The zero-order valence-electron chi connectivity index (χ0n) is 5.00. The molecule has 0 aromatic rings. The molecule has 1 saturated heterocycles. The van der Waals surface area contributed by atoms with Crippen molar-refractivity contribution in [3.63, 3.8) is 0 Å². The highest BCUT2D eigenvalue weighted by Gasteiger charge is 2.22. The van der Waals surface area contributed by atoms with Gasteiger partial charge in [0, 0.05) is 12.3 Å². The van der Waals surface area contributed by atoms with E-state index in [1.165, 1.54) is 0 Å². The van der Waals surface area contributed by atoms with Gasteiger partial charge in [-0.05, 0) is 0 Å². The van der Waals surface area contributed by atoms with Crippen molar-refractivity contribution in [2.24, 2.45) is 5.92 Å². The van der Waals surface area contributed by atoms with Crippen LogP contribution in [0.5, 0.6) is 0 Å². The second-order valence-electron chi connectivity index (χ2n) is 2.16. The summed E-state index contributed by atoms with van der Waals surface area (Å²) in [7, 11) is 0. The summed E-state index contributed by atoms with van der Waals surface area (Å²) in [4.78, 5) is 20.3. The first-order valence-electron chi connectivity index (χ1n) is 2.92. The molecule has 1 aliphatic heterocycles. The predicted octanol–water partition coefficient (Wildman–Crippen LogP) is 0.138. The molecule has 1 heterocycles. The van der Waals surface area contributed by atoms with Gasteiger partial charge in [-0.1, -0.05) is 0 Å². The fraction of sp³-hybridized carbons (Fsp3) is 0.667. The van der Waals surface area contributed by atoms with Gasteiger partial charge < -0.3 is 9.53 Å². The summed E-state index contributed by atoms with van der Waals surface area (Å²) in [5.74, 6) is -0.0307. The van der Waals surface area contributed by atoms with Crippen molar-refractivity contribution in [2.75, 3.05) is 6.61 Å². The summed E-state index contributed by atoms with van der Waals surface area (Å²) in [6.45, 7) is 0.428. The van der Waals surface area contributed by atoms with E-state index in [1.54, 1.807) is 0 Å². The fourth-order valence-corrected chi connectivity index (χ4v) is 0.852. The van der Waals surface area contributed by atoms with Gasteiger partial charge in [0.1, 0.15) is 6.29 Å². The van der Waals surface area contributed by atoms with E-state index in [4.69, 9.17) is 0 Å². The van der Waals surface area contributed by atoms with Gasteiger partial charge in [-0.2, -0.15) is 0 Å². The molecule has 0 bridgehead atoms. The first-order valence-corrected chi connectivity index (χ1v) is 2.92. The van der Waals surface area contributed by atoms with Crippen LogP contribution in [0.1, 0.15) is 12.8 Å². The van der Waals surface area contributed by atoms with Crippen LogP contribution >= 0.6 is 0 Å². The summed E-state index contributed by atoms with van der Waals surface area (Å²) in [5.41, 5.74) is 0. The summed E-state index contributed by atoms with van der Waals surface area (Å²) in [5, 5.41) is 0. The number of hydrogen-bond donors (Lipinski definition) is 0. The molecule has 0 radical (unpaired) electrons. The molecule has 1 rings (SSSR count). The molecule has 1 aliphatic rings. The van der Waals surface area contributed by atoms with E-state index in [2.05, 4.69) is 4.74 Å². The van der Waals surface area contributed by atoms with Gasteiger partial charge in [-0.25, -0.2) is 0 Å². The second kappa shape index (κ2) is 2.62. The first-order chi connectivity index (χ1) is 4.33. The zero-order valence-corrected chi connectivity index (χ0v) is 5.00. The van der Waals surface area contributed by atoms with Crippen molar-refractivity contribution >= 4 is 12.3 Å². The highest BCUT2D eigenvalue weighted by Crippen LogP contribution is 2.15.